The number of rotatable bonds is 7. The Morgan fingerprint density at radius 3 is 2.43 bits per heavy atom. The van der Waals surface area contributed by atoms with Gasteiger partial charge in [-0.25, -0.2) is 4.98 Å². The number of thiazole rings is 1. The lowest BCUT2D eigenvalue weighted by Gasteiger charge is -2.31. The molecule has 4 heteroatoms. The van der Waals surface area contributed by atoms with Crippen LogP contribution in [0.1, 0.15) is 38.3 Å². The molecule has 1 aliphatic heterocycles. The molecule has 0 aliphatic carbocycles. The number of hydrogen-bond acceptors (Lipinski definition) is 4. The van der Waals surface area contributed by atoms with Crippen LogP contribution in [0.15, 0.2) is 48.7 Å². The van der Waals surface area contributed by atoms with Gasteiger partial charge in [-0.1, -0.05) is 19.1 Å². The second-order valence-corrected chi connectivity index (χ2v) is 8.72. The number of hydrogen-bond donors (Lipinski definition) is 0. The third-order valence-corrected chi connectivity index (χ3v) is 6.29. The first-order chi connectivity index (χ1) is 13.6. The molecule has 1 aromatic heterocycles. The molecule has 3 nitrogen and oxygen atoms in total. The maximum Gasteiger partial charge on any atom is 0.123 e. The first-order valence-electron chi connectivity index (χ1n) is 10.2. The minimum atomic E-state index is 0.192. The molecule has 0 atom stereocenters. The van der Waals surface area contributed by atoms with Crippen LogP contribution in [0.25, 0.3) is 21.0 Å². The monoisotopic (exact) mass is 392 g/mol. The first kappa shape index (κ1) is 19.2. The van der Waals surface area contributed by atoms with Crippen molar-refractivity contribution in [1.29, 1.82) is 0 Å². The number of aryl methyl sites for hydroxylation is 1. The van der Waals surface area contributed by atoms with Crippen LogP contribution < -0.4 is 4.74 Å². The van der Waals surface area contributed by atoms with E-state index in [4.69, 9.17) is 9.72 Å². The van der Waals surface area contributed by atoms with Crippen molar-refractivity contribution in [3.63, 3.8) is 0 Å². The zero-order valence-corrected chi connectivity index (χ0v) is 17.8. The van der Waals surface area contributed by atoms with Gasteiger partial charge in [-0.3, -0.25) is 4.90 Å². The van der Waals surface area contributed by atoms with Crippen molar-refractivity contribution in [2.75, 3.05) is 13.1 Å². The van der Waals surface area contributed by atoms with E-state index in [-0.39, 0.29) is 6.10 Å². The second-order valence-electron chi connectivity index (χ2n) is 7.69. The van der Waals surface area contributed by atoms with Crippen molar-refractivity contribution >= 4 is 11.3 Å². The average molecular weight is 393 g/mol. The van der Waals surface area contributed by atoms with Crippen molar-refractivity contribution < 1.29 is 4.74 Å². The normalized spacial score (nSPS) is 14.3. The van der Waals surface area contributed by atoms with Crippen LogP contribution in [0.4, 0.5) is 0 Å². The number of nitrogens with zero attached hydrogens (tertiary/aromatic N) is 2. The summed E-state index contributed by atoms with van der Waals surface area (Å²) in [5.74, 6) is 0.911. The van der Waals surface area contributed by atoms with Gasteiger partial charge < -0.3 is 4.74 Å². The molecule has 0 unspecified atom stereocenters. The first-order valence-corrected chi connectivity index (χ1v) is 11.0. The predicted octanol–water partition coefficient (Wildman–Crippen LogP) is 6.03. The number of ether oxygens (including phenoxy) is 1. The van der Waals surface area contributed by atoms with Crippen molar-refractivity contribution in [2.45, 2.75) is 46.3 Å². The molecule has 1 fully saturated rings. The zero-order valence-electron chi connectivity index (χ0n) is 16.9. The second kappa shape index (κ2) is 8.46. The molecule has 0 spiro atoms. The summed E-state index contributed by atoms with van der Waals surface area (Å²) in [6.45, 7) is 9.89. The molecule has 0 N–H and O–H groups in total. The Kier molecular flexibility index (Phi) is 5.79. The topological polar surface area (TPSA) is 25.4 Å². The summed E-state index contributed by atoms with van der Waals surface area (Å²) in [5, 5.41) is 1.09. The fourth-order valence-corrected chi connectivity index (χ4v) is 4.45. The molecule has 4 rings (SSSR count). The van der Waals surface area contributed by atoms with Crippen molar-refractivity contribution in [3.8, 4) is 26.8 Å². The summed E-state index contributed by atoms with van der Waals surface area (Å²) < 4.78 is 5.74. The number of aromatic nitrogens is 1. The third kappa shape index (κ3) is 4.29. The van der Waals surface area contributed by atoms with Crippen LogP contribution in [0, 0.1) is 0 Å². The van der Waals surface area contributed by atoms with Gasteiger partial charge in [0.05, 0.1) is 11.0 Å². The van der Waals surface area contributed by atoms with Gasteiger partial charge in [-0.15, -0.1) is 11.3 Å². The van der Waals surface area contributed by atoms with E-state index in [9.17, 15) is 0 Å². The Labute approximate surface area is 172 Å². The lowest BCUT2D eigenvalue weighted by Crippen LogP contribution is -2.36. The molecule has 1 aliphatic rings. The van der Waals surface area contributed by atoms with Crippen LogP contribution in [-0.2, 0) is 13.0 Å². The molecular formula is C24H28N2OS. The largest absolute Gasteiger partial charge is 0.491 e. The average Bonchev–Trinajstić information content (AvgIpc) is 3.15. The smallest absolute Gasteiger partial charge is 0.123 e. The number of benzene rings is 2. The molecule has 28 heavy (non-hydrogen) atoms. The van der Waals surface area contributed by atoms with Crippen LogP contribution in [0.5, 0.6) is 5.75 Å². The zero-order chi connectivity index (χ0) is 19.5. The molecule has 3 aromatic rings. The maximum atomic E-state index is 5.74. The molecule has 0 radical (unpaired) electrons. The van der Waals surface area contributed by atoms with Gasteiger partial charge in [0.15, 0.2) is 0 Å². The van der Waals surface area contributed by atoms with E-state index in [1.165, 1.54) is 46.6 Å². The van der Waals surface area contributed by atoms with E-state index in [0.29, 0.717) is 0 Å². The van der Waals surface area contributed by atoms with E-state index in [1.807, 2.05) is 32.2 Å². The predicted molar refractivity (Wildman–Crippen MR) is 118 cm³/mol. The van der Waals surface area contributed by atoms with Crippen LogP contribution >= 0.6 is 11.3 Å². The molecule has 0 amide bonds. The Bertz CT molecular complexity index is 926. The van der Waals surface area contributed by atoms with E-state index in [0.717, 1.165) is 23.7 Å². The van der Waals surface area contributed by atoms with Gasteiger partial charge in [0, 0.05) is 18.3 Å². The molecule has 2 aromatic carbocycles. The van der Waals surface area contributed by atoms with Crippen molar-refractivity contribution in [1.82, 2.24) is 9.88 Å². The maximum absolute atomic E-state index is 5.74. The fraction of sp³-hybridized carbons (Fsp3) is 0.375. The summed E-state index contributed by atoms with van der Waals surface area (Å²) in [4.78, 5) is 8.41. The molecule has 1 saturated heterocycles. The van der Waals surface area contributed by atoms with Gasteiger partial charge in [0.2, 0.25) is 0 Å². The van der Waals surface area contributed by atoms with Crippen LogP contribution in [0.2, 0.25) is 0 Å². The van der Waals surface area contributed by atoms with Crippen LogP contribution in [0.3, 0.4) is 0 Å². The quantitative estimate of drug-likeness (QED) is 0.491. The van der Waals surface area contributed by atoms with Gasteiger partial charge in [-0.05, 0) is 86.8 Å². The fourth-order valence-electron chi connectivity index (χ4n) is 3.53. The lowest BCUT2D eigenvalue weighted by molar-refractivity contribution is 0.172. The Morgan fingerprint density at radius 2 is 1.79 bits per heavy atom. The molecule has 2 heterocycles. The number of likely N-dealkylation sites (tertiary alicyclic amines) is 1. The summed E-state index contributed by atoms with van der Waals surface area (Å²) in [6, 6.07) is 15.2. The van der Waals surface area contributed by atoms with Crippen molar-refractivity contribution in [2.24, 2.45) is 0 Å². The Balaban J connectivity index is 1.53. The lowest BCUT2D eigenvalue weighted by atomic mass is 10.0. The van der Waals surface area contributed by atoms with Crippen molar-refractivity contribution in [3.05, 3.63) is 59.8 Å². The summed E-state index contributed by atoms with van der Waals surface area (Å²) in [5.41, 5.74) is 5.31. The van der Waals surface area contributed by atoms with E-state index >= 15 is 0 Å². The van der Waals surface area contributed by atoms with Gasteiger partial charge in [0.25, 0.3) is 0 Å². The Hall–Kier alpha value is -2.17. The molecule has 0 saturated carbocycles. The minimum Gasteiger partial charge on any atom is -0.491 e. The highest BCUT2D eigenvalue weighted by molar-refractivity contribution is 7.18. The highest BCUT2D eigenvalue weighted by Crippen LogP contribution is 2.34. The minimum absolute atomic E-state index is 0.192. The van der Waals surface area contributed by atoms with E-state index in [1.54, 1.807) is 11.3 Å². The Morgan fingerprint density at radius 1 is 1.04 bits per heavy atom. The van der Waals surface area contributed by atoms with Gasteiger partial charge in [-0.2, -0.15) is 0 Å². The standard InChI is InChI=1S/C24H28N2OS/c1-4-18-14-20(6-7-21(18)16-26-12-5-13-26)24-25-15-23(28-24)19-8-10-22(11-9-19)27-17(2)3/h6-11,14-15,17H,4-5,12-13,16H2,1-3H3. The molecule has 146 valence electrons. The highest BCUT2D eigenvalue weighted by atomic mass is 32.1. The summed E-state index contributed by atoms with van der Waals surface area (Å²) in [7, 11) is 0. The SMILES string of the molecule is CCc1cc(-c2ncc(-c3ccc(OC(C)C)cc3)s2)ccc1CN1CCC1. The summed E-state index contributed by atoms with van der Waals surface area (Å²) in [6.07, 6.45) is 4.58. The highest BCUT2D eigenvalue weighted by Gasteiger charge is 2.16. The third-order valence-electron chi connectivity index (χ3n) is 5.19. The molecular weight excluding hydrogens is 364 g/mol. The van der Waals surface area contributed by atoms with E-state index in [2.05, 4.69) is 42.2 Å². The van der Waals surface area contributed by atoms with Gasteiger partial charge in [0.1, 0.15) is 10.8 Å². The van der Waals surface area contributed by atoms with Crippen LogP contribution in [-0.4, -0.2) is 29.1 Å². The van der Waals surface area contributed by atoms with E-state index < -0.39 is 0 Å². The molecule has 0 bridgehead atoms. The van der Waals surface area contributed by atoms with Gasteiger partial charge >= 0.3 is 0 Å². The summed E-state index contributed by atoms with van der Waals surface area (Å²) >= 11 is 1.75.